The zero-order valence-electron chi connectivity index (χ0n) is 31.9. The van der Waals surface area contributed by atoms with Gasteiger partial charge >= 0.3 is 12.1 Å². The van der Waals surface area contributed by atoms with Crippen molar-refractivity contribution < 1.29 is 34.1 Å². The van der Waals surface area contributed by atoms with Crippen LogP contribution in [0.25, 0.3) is 27.7 Å². The lowest BCUT2D eigenvalue weighted by Gasteiger charge is -2.40. The molecule has 3 aromatic rings. The van der Waals surface area contributed by atoms with Crippen LogP contribution in [0.15, 0.2) is 42.6 Å². The van der Waals surface area contributed by atoms with Gasteiger partial charge in [-0.05, 0) is 93.3 Å². The molecule has 53 heavy (non-hydrogen) atoms. The summed E-state index contributed by atoms with van der Waals surface area (Å²) in [7, 11) is 1.32. The number of nitrogens with one attached hydrogen (secondary N) is 2. The highest BCUT2D eigenvalue weighted by molar-refractivity contribution is 5.96. The summed E-state index contributed by atoms with van der Waals surface area (Å²) in [4.78, 5) is 46.1. The van der Waals surface area contributed by atoms with Crippen LogP contribution >= 0.6 is 0 Å². The molecule has 286 valence electrons. The fourth-order valence-corrected chi connectivity index (χ4v) is 8.11. The van der Waals surface area contributed by atoms with Crippen LogP contribution in [0.4, 0.5) is 4.79 Å². The summed E-state index contributed by atoms with van der Waals surface area (Å²) in [5.41, 5.74) is 8.30. The number of methoxy groups -OCH3 is 1. The van der Waals surface area contributed by atoms with Crippen LogP contribution in [0.5, 0.6) is 0 Å². The SMILES string of the molecule is CCn1c2c(c3cc(C4=CCCN(CC(NC(=O)OC(C)(C)C)C(=O)N5CCC[C@@H](C(=O)OC)N5)C4)ccc31)C(C(C)(C)CO)[C@H](O)c1ncccc1-2. The van der Waals surface area contributed by atoms with Gasteiger partial charge in [-0.1, -0.05) is 26.0 Å². The number of pyridine rings is 1. The Bertz CT molecular complexity index is 1900. The highest BCUT2D eigenvalue weighted by atomic mass is 16.6. The van der Waals surface area contributed by atoms with E-state index in [2.05, 4.69) is 56.4 Å². The van der Waals surface area contributed by atoms with Crippen LogP contribution in [-0.2, 0) is 25.6 Å². The third kappa shape index (κ3) is 7.71. The van der Waals surface area contributed by atoms with Crippen LogP contribution < -0.4 is 10.7 Å². The van der Waals surface area contributed by atoms with Crippen LogP contribution in [0.1, 0.15) is 89.6 Å². The molecule has 4 N–H and O–H groups in total. The molecular weight excluding hydrogens is 676 g/mol. The highest BCUT2D eigenvalue weighted by Gasteiger charge is 2.45. The first kappa shape index (κ1) is 38.4. The molecule has 1 fully saturated rings. The number of aromatic nitrogens is 2. The number of nitrogens with zero attached hydrogens (tertiary/aromatic N) is 4. The minimum absolute atomic E-state index is 0.109. The molecule has 3 aliphatic rings. The van der Waals surface area contributed by atoms with E-state index in [1.165, 1.54) is 12.1 Å². The molecule has 0 radical (unpaired) electrons. The number of carbonyl (C=O) groups is 3. The van der Waals surface area contributed by atoms with Gasteiger partial charge in [-0.3, -0.25) is 24.5 Å². The van der Waals surface area contributed by atoms with Gasteiger partial charge in [0.15, 0.2) is 0 Å². The average Bonchev–Trinajstić information content (AvgIpc) is 3.46. The summed E-state index contributed by atoms with van der Waals surface area (Å²) >= 11 is 0. The molecule has 0 spiro atoms. The number of carbonyl (C=O) groups excluding carboxylic acids is 3. The van der Waals surface area contributed by atoms with Gasteiger partial charge in [-0.2, -0.15) is 0 Å². The Morgan fingerprint density at radius 3 is 2.60 bits per heavy atom. The van der Waals surface area contributed by atoms with Crippen molar-refractivity contribution in [2.24, 2.45) is 5.41 Å². The van der Waals surface area contributed by atoms with Crippen molar-refractivity contribution in [1.29, 1.82) is 0 Å². The van der Waals surface area contributed by atoms with Crippen molar-refractivity contribution in [3.8, 4) is 11.3 Å². The van der Waals surface area contributed by atoms with Crippen molar-refractivity contribution in [3.63, 3.8) is 0 Å². The summed E-state index contributed by atoms with van der Waals surface area (Å²) in [6.07, 6.45) is 4.22. The fourth-order valence-electron chi connectivity index (χ4n) is 8.11. The van der Waals surface area contributed by atoms with E-state index in [-0.39, 0.29) is 19.1 Å². The molecule has 2 aromatic heterocycles. The van der Waals surface area contributed by atoms with Gasteiger partial charge in [-0.25, -0.2) is 10.2 Å². The van der Waals surface area contributed by atoms with Crippen LogP contribution in [0.2, 0.25) is 0 Å². The summed E-state index contributed by atoms with van der Waals surface area (Å²) in [5.74, 6) is -1.21. The van der Waals surface area contributed by atoms with Crippen LogP contribution in [0, 0.1) is 5.41 Å². The van der Waals surface area contributed by atoms with Gasteiger partial charge in [0.05, 0.1) is 18.5 Å². The van der Waals surface area contributed by atoms with E-state index >= 15 is 0 Å². The van der Waals surface area contributed by atoms with Crippen molar-refractivity contribution in [2.45, 2.75) is 97.1 Å². The normalized spacial score (nSPS) is 21.3. The molecule has 1 aromatic carbocycles. The van der Waals surface area contributed by atoms with Crippen molar-refractivity contribution in [3.05, 3.63) is 59.4 Å². The minimum Gasteiger partial charge on any atom is -0.468 e. The molecule has 1 saturated heterocycles. The molecule has 4 atom stereocenters. The predicted molar refractivity (Wildman–Crippen MR) is 201 cm³/mol. The number of benzene rings is 1. The average molecular weight is 731 g/mol. The molecule has 13 heteroatoms. The number of fused-ring (bicyclic) bond motifs is 5. The predicted octanol–water partition coefficient (Wildman–Crippen LogP) is 4.52. The molecular formula is C40H54N6O7. The van der Waals surface area contributed by atoms with Gasteiger partial charge in [0.25, 0.3) is 5.91 Å². The number of aryl methyl sites for hydroxylation is 1. The van der Waals surface area contributed by atoms with Crippen molar-refractivity contribution in [1.82, 2.24) is 30.2 Å². The maximum Gasteiger partial charge on any atom is 0.408 e. The Hall–Kier alpha value is -4.30. The lowest BCUT2D eigenvalue weighted by Crippen LogP contribution is -2.62. The maximum absolute atomic E-state index is 14.0. The molecule has 1 aliphatic carbocycles. The third-order valence-electron chi connectivity index (χ3n) is 10.6. The third-order valence-corrected chi connectivity index (χ3v) is 10.6. The maximum atomic E-state index is 14.0. The molecule has 2 amide bonds. The fraction of sp³-hybridized carbons (Fsp3) is 0.550. The number of aliphatic hydroxyl groups is 2. The number of hydrazine groups is 1. The van der Waals surface area contributed by atoms with Gasteiger partial charge in [0, 0.05) is 67.9 Å². The molecule has 2 unspecified atom stereocenters. The van der Waals surface area contributed by atoms with Gasteiger partial charge in [0.1, 0.15) is 23.8 Å². The Balaban J connectivity index is 1.32. The smallest absolute Gasteiger partial charge is 0.408 e. The molecule has 13 nitrogen and oxygen atoms in total. The number of esters is 1. The number of alkyl carbamates (subject to hydrolysis) is 1. The van der Waals surface area contributed by atoms with Crippen LogP contribution in [-0.4, -0.2) is 105 Å². The van der Waals surface area contributed by atoms with Crippen molar-refractivity contribution >= 4 is 34.4 Å². The standard InChI is InChI=1S/C40H54N6O7/c1-8-45-30-16-15-24(20-27(30)31-32(40(5,6)23-47)35(48)33-26(34(31)45)13-9-17-41-33)25-12-10-18-44(21-25)22-29(42-38(51)53-39(2,3)4)36(49)46-19-11-14-28(43-46)37(50)52-7/h9,12-13,15-17,20,28-29,32,35,43,47-48H,8,10-11,14,18-19,21-23H2,1-7H3,(H,42,51)/t28-,29?,32?,35-/m0/s1. The topological polar surface area (TPSA) is 158 Å². The molecule has 4 heterocycles. The number of hydrogen-bond acceptors (Lipinski definition) is 10. The number of aliphatic hydroxyl groups excluding tert-OH is 2. The number of amides is 2. The van der Waals surface area contributed by atoms with Crippen LogP contribution in [0.3, 0.4) is 0 Å². The largest absolute Gasteiger partial charge is 0.468 e. The van der Waals surface area contributed by atoms with E-state index in [1.807, 2.05) is 26.0 Å². The Kier molecular flexibility index (Phi) is 11.0. The molecule has 2 aliphatic heterocycles. The zero-order valence-corrected chi connectivity index (χ0v) is 31.9. The van der Waals surface area contributed by atoms with Gasteiger partial charge < -0.3 is 29.6 Å². The minimum atomic E-state index is -0.946. The zero-order chi connectivity index (χ0) is 38.2. The summed E-state index contributed by atoms with van der Waals surface area (Å²) < 4.78 is 12.7. The lowest BCUT2D eigenvalue weighted by atomic mass is 9.67. The first-order chi connectivity index (χ1) is 25.2. The summed E-state index contributed by atoms with van der Waals surface area (Å²) in [6, 6.07) is 8.75. The Morgan fingerprint density at radius 1 is 1.13 bits per heavy atom. The van der Waals surface area contributed by atoms with E-state index < -0.39 is 47.2 Å². The summed E-state index contributed by atoms with van der Waals surface area (Å²) in [5, 5.41) is 27.7. The molecule has 0 saturated carbocycles. The number of ether oxygens (including phenoxy) is 2. The second kappa shape index (κ2) is 15.2. The first-order valence-electron chi connectivity index (χ1n) is 18.6. The van der Waals surface area contributed by atoms with E-state index in [1.54, 1.807) is 27.0 Å². The lowest BCUT2D eigenvalue weighted by molar-refractivity contribution is -0.150. The first-order valence-corrected chi connectivity index (χ1v) is 18.6. The Morgan fingerprint density at radius 2 is 1.91 bits per heavy atom. The van der Waals surface area contributed by atoms with E-state index in [0.29, 0.717) is 44.7 Å². The van der Waals surface area contributed by atoms with Gasteiger partial charge in [0.2, 0.25) is 0 Å². The highest BCUT2D eigenvalue weighted by Crippen LogP contribution is 2.55. The van der Waals surface area contributed by atoms with Gasteiger partial charge in [-0.15, -0.1) is 0 Å². The van der Waals surface area contributed by atoms with E-state index in [0.717, 1.165) is 45.3 Å². The summed E-state index contributed by atoms with van der Waals surface area (Å²) in [6.45, 7) is 13.8. The van der Waals surface area contributed by atoms with Crippen molar-refractivity contribution in [2.75, 3.05) is 39.9 Å². The second-order valence-electron chi connectivity index (χ2n) is 16.0. The second-order valence-corrected chi connectivity index (χ2v) is 16.0. The quantitative estimate of drug-likeness (QED) is 0.231. The molecule has 6 rings (SSSR count). The Labute approximate surface area is 311 Å². The molecule has 0 bridgehead atoms. The number of hydrogen-bond donors (Lipinski definition) is 4. The number of rotatable bonds is 9. The van der Waals surface area contributed by atoms with E-state index in [9.17, 15) is 24.6 Å². The van der Waals surface area contributed by atoms with E-state index in [4.69, 9.17) is 9.47 Å². The monoisotopic (exact) mass is 730 g/mol.